The third kappa shape index (κ3) is 11.0. The number of thiazole rings is 1. The van der Waals surface area contributed by atoms with Crippen LogP contribution in [0.2, 0.25) is 0 Å². The van der Waals surface area contributed by atoms with Gasteiger partial charge in [0.15, 0.2) is 5.96 Å². The lowest BCUT2D eigenvalue weighted by Crippen LogP contribution is -2.43. The quantitative estimate of drug-likeness (QED) is 0.234. The lowest BCUT2D eigenvalue weighted by atomic mass is 10.2. The minimum Gasteiger partial charge on any atom is -0.444 e. The van der Waals surface area contributed by atoms with Gasteiger partial charge in [-0.15, -0.1) is 35.3 Å². The maximum Gasteiger partial charge on any atom is 0.410 e. The summed E-state index contributed by atoms with van der Waals surface area (Å²) >= 11 is 1.72. The van der Waals surface area contributed by atoms with Crippen molar-refractivity contribution in [2.75, 3.05) is 26.7 Å². The Morgan fingerprint density at radius 2 is 1.96 bits per heavy atom. The van der Waals surface area contributed by atoms with E-state index in [4.69, 9.17) is 4.74 Å². The highest BCUT2D eigenvalue weighted by Crippen LogP contribution is 2.12. The van der Waals surface area contributed by atoms with E-state index in [0.717, 1.165) is 36.9 Å². The van der Waals surface area contributed by atoms with Crippen LogP contribution in [0.4, 0.5) is 4.79 Å². The van der Waals surface area contributed by atoms with Gasteiger partial charge in [-0.05, 0) is 48.0 Å². The number of aliphatic imine (C=N–C) groups is 1. The molecule has 28 heavy (non-hydrogen) atoms. The van der Waals surface area contributed by atoms with Gasteiger partial charge in [-0.2, -0.15) is 0 Å². The monoisotopic (exact) mass is 525 g/mol. The van der Waals surface area contributed by atoms with Gasteiger partial charge < -0.3 is 20.3 Å². The maximum atomic E-state index is 12.3. The van der Waals surface area contributed by atoms with Gasteiger partial charge in [-0.3, -0.25) is 4.99 Å². The second kappa shape index (κ2) is 13.2. The molecule has 1 rings (SSSR count). The fourth-order valence-electron chi connectivity index (χ4n) is 2.36. The smallest absolute Gasteiger partial charge is 0.410 e. The van der Waals surface area contributed by atoms with Gasteiger partial charge in [0.25, 0.3) is 0 Å². The molecule has 0 saturated carbocycles. The normalized spacial score (nSPS) is 11.8. The number of nitrogens with zero attached hydrogens (tertiary/aromatic N) is 3. The zero-order valence-electron chi connectivity index (χ0n) is 18.2. The van der Waals surface area contributed by atoms with E-state index in [2.05, 4.69) is 27.5 Å². The van der Waals surface area contributed by atoms with E-state index >= 15 is 0 Å². The Hall–Kier alpha value is -1.10. The first-order valence-corrected chi connectivity index (χ1v) is 10.3. The third-order valence-electron chi connectivity index (χ3n) is 3.64. The number of hydrogen-bond donors (Lipinski definition) is 2. The molecule has 2 N–H and O–H groups in total. The van der Waals surface area contributed by atoms with E-state index in [9.17, 15) is 4.79 Å². The summed E-state index contributed by atoms with van der Waals surface area (Å²) in [5, 5.41) is 7.70. The molecular formula is C19H36IN5O2S. The molecule has 1 heterocycles. The van der Waals surface area contributed by atoms with Gasteiger partial charge in [0.2, 0.25) is 0 Å². The first kappa shape index (κ1) is 26.9. The largest absolute Gasteiger partial charge is 0.444 e. The van der Waals surface area contributed by atoms with Crippen LogP contribution in [0.25, 0.3) is 0 Å². The summed E-state index contributed by atoms with van der Waals surface area (Å²) in [5.74, 6) is 0.761. The zero-order valence-corrected chi connectivity index (χ0v) is 21.3. The van der Waals surface area contributed by atoms with Crippen LogP contribution in [-0.4, -0.2) is 60.3 Å². The van der Waals surface area contributed by atoms with Crippen molar-refractivity contribution in [2.24, 2.45) is 4.99 Å². The Morgan fingerprint density at radius 3 is 2.46 bits per heavy atom. The van der Waals surface area contributed by atoms with Crippen molar-refractivity contribution in [3.05, 3.63) is 16.1 Å². The van der Waals surface area contributed by atoms with E-state index in [0.29, 0.717) is 6.54 Å². The molecule has 0 fully saturated rings. The molecule has 0 radical (unpaired) electrons. The first-order chi connectivity index (χ1) is 12.6. The summed E-state index contributed by atoms with van der Waals surface area (Å²) in [7, 11) is 1.75. The molecule has 7 nitrogen and oxygen atoms in total. The molecule has 0 aliphatic rings. The SMILES string of the molecule is CN=C(NCCCN(C(=O)OC(C)(C)C)C(C)C)NCCc1ncc(C)s1.I. The molecule has 0 aromatic carbocycles. The molecule has 0 atom stereocenters. The number of carbonyl (C=O) groups is 1. The molecule has 0 aliphatic heterocycles. The van der Waals surface area contributed by atoms with Gasteiger partial charge in [0, 0.05) is 50.2 Å². The van der Waals surface area contributed by atoms with Crippen molar-refractivity contribution in [3.63, 3.8) is 0 Å². The minimum atomic E-state index is -0.482. The lowest BCUT2D eigenvalue weighted by Gasteiger charge is -2.30. The number of aromatic nitrogens is 1. The number of carbonyl (C=O) groups excluding carboxylic acids is 1. The summed E-state index contributed by atoms with van der Waals surface area (Å²) in [4.78, 5) is 23.9. The molecule has 0 bridgehead atoms. The fraction of sp³-hybridized carbons (Fsp3) is 0.737. The average Bonchev–Trinajstić information content (AvgIpc) is 2.96. The van der Waals surface area contributed by atoms with Gasteiger partial charge >= 0.3 is 6.09 Å². The number of hydrogen-bond acceptors (Lipinski definition) is 5. The van der Waals surface area contributed by atoms with E-state index < -0.39 is 5.60 Å². The topological polar surface area (TPSA) is 78.9 Å². The molecule has 1 aromatic heterocycles. The molecule has 0 saturated heterocycles. The number of amides is 1. The van der Waals surface area contributed by atoms with Crippen molar-refractivity contribution in [1.29, 1.82) is 0 Å². The summed E-state index contributed by atoms with van der Waals surface area (Å²) in [6, 6.07) is 0.0963. The second-order valence-electron chi connectivity index (χ2n) is 7.66. The summed E-state index contributed by atoms with van der Waals surface area (Å²) in [6.07, 6.45) is 3.32. The lowest BCUT2D eigenvalue weighted by molar-refractivity contribution is 0.0190. The summed E-state index contributed by atoms with van der Waals surface area (Å²) < 4.78 is 5.48. The number of ether oxygens (including phenoxy) is 1. The maximum absolute atomic E-state index is 12.3. The zero-order chi connectivity index (χ0) is 20.4. The highest BCUT2D eigenvalue weighted by Gasteiger charge is 2.23. The highest BCUT2D eigenvalue weighted by molar-refractivity contribution is 14.0. The van der Waals surface area contributed by atoms with Crippen molar-refractivity contribution in [1.82, 2.24) is 20.5 Å². The van der Waals surface area contributed by atoms with Gasteiger partial charge in [0.05, 0.1) is 5.01 Å². The first-order valence-electron chi connectivity index (χ1n) is 9.48. The molecule has 0 spiro atoms. The summed E-state index contributed by atoms with van der Waals surface area (Å²) in [6.45, 7) is 13.8. The number of rotatable bonds is 8. The second-order valence-corrected chi connectivity index (χ2v) is 8.98. The molecule has 0 unspecified atom stereocenters. The number of nitrogens with one attached hydrogen (secondary N) is 2. The average molecular weight is 526 g/mol. The van der Waals surface area contributed by atoms with Gasteiger partial charge in [-0.1, -0.05) is 0 Å². The standard InChI is InChI=1S/C19H35N5O2S.HI/c1-14(2)24(18(25)26-19(4,5)6)12-8-10-21-17(20-7)22-11-9-16-23-13-15(3)27-16;/h13-14H,8-12H2,1-7H3,(H2,20,21,22);1H. The molecule has 1 amide bonds. The van der Waals surface area contributed by atoms with Crippen molar-refractivity contribution in [3.8, 4) is 0 Å². The van der Waals surface area contributed by atoms with E-state index in [1.165, 1.54) is 4.88 Å². The number of guanidine groups is 1. The van der Waals surface area contributed by atoms with Crippen LogP contribution in [0.5, 0.6) is 0 Å². The Kier molecular flexibility index (Phi) is 12.7. The van der Waals surface area contributed by atoms with Crippen LogP contribution in [0.3, 0.4) is 0 Å². The van der Waals surface area contributed by atoms with Crippen LogP contribution in [-0.2, 0) is 11.2 Å². The van der Waals surface area contributed by atoms with E-state index in [1.807, 2.05) is 40.8 Å². The van der Waals surface area contributed by atoms with Crippen LogP contribution in [0.15, 0.2) is 11.2 Å². The predicted molar refractivity (Wildman–Crippen MR) is 128 cm³/mol. The van der Waals surface area contributed by atoms with Gasteiger partial charge in [-0.25, -0.2) is 9.78 Å². The highest BCUT2D eigenvalue weighted by atomic mass is 127. The van der Waals surface area contributed by atoms with Gasteiger partial charge in [0.1, 0.15) is 5.60 Å². The number of halogens is 1. The van der Waals surface area contributed by atoms with E-state index in [-0.39, 0.29) is 36.1 Å². The third-order valence-corrected chi connectivity index (χ3v) is 4.62. The van der Waals surface area contributed by atoms with Crippen LogP contribution >= 0.6 is 35.3 Å². The Bertz CT molecular complexity index is 614. The fourth-order valence-corrected chi connectivity index (χ4v) is 3.15. The molecule has 1 aromatic rings. The van der Waals surface area contributed by atoms with Crippen molar-refractivity contribution < 1.29 is 9.53 Å². The van der Waals surface area contributed by atoms with Crippen molar-refractivity contribution in [2.45, 2.75) is 66.0 Å². The minimum absolute atomic E-state index is 0. The van der Waals surface area contributed by atoms with Crippen LogP contribution < -0.4 is 10.6 Å². The van der Waals surface area contributed by atoms with E-state index in [1.54, 1.807) is 23.3 Å². The molecule has 9 heteroatoms. The Morgan fingerprint density at radius 1 is 1.32 bits per heavy atom. The summed E-state index contributed by atoms with van der Waals surface area (Å²) in [5.41, 5.74) is -0.482. The predicted octanol–water partition coefficient (Wildman–Crippen LogP) is 3.81. The molecule has 0 aliphatic carbocycles. The van der Waals surface area contributed by atoms with Crippen LogP contribution in [0.1, 0.15) is 50.9 Å². The number of aryl methyl sites for hydroxylation is 1. The molecule has 162 valence electrons. The van der Waals surface area contributed by atoms with Crippen molar-refractivity contribution >= 4 is 47.4 Å². The molecular weight excluding hydrogens is 489 g/mol. The Balaban J connectivity index is 0.00000729. The Labute approximate surface area is 190 Å². The van der Waals surface area contributed by atoms with Crippen LogP contribution in [0, 0.1) is 6.92 Å².